The highest BCUT2D eigenvalue weighted by Gasteiger charge is 2.23. The number of fused-ring (bicyclic) bond motifs is 1. The van der Waals surface area contributed by atoms with Gasteiger partial charge < -0.3 is 14.8 Å². The van der Waals surface area contributed by atoms with E-state index in [2.05, 4.69) is 11.4 Å². The molecule has 1 aliphatic rings. The summed E-state index contributed by atoms with van der Waals surface area (Å²) in [6.45, 7) is 4.57. The molecule has 8 heteroatoms. The molecule has 0 saturated heterocycles. The Labute approximate surface area is 225 Å². The van der Waals surface area contributed by atoms with Crippen LogP contribution in [0, 0.1) is 29.6 Å². The molecule has 1 amide bonds. The van der Waals surface area contributed by atoms with Crippen molar-refractivity contribution in [3.63, 3.8) is 0 Å². The van der Waals surface area contributed by atoms with E-state index < -0.39 is 5.91 Å². The summed E-state index contributed by atoms with van der Waals surface area (Å²) in [5, 5.41) is 23.0. The van der Waals surface area contributed by atoms with Crippen LogP contribution >= 0.6 is 22.9 Å². The fourth-order valence-corrected chi connectivity index (χ4v) is 5.68. The van der Waals surface area contributed by atoms with Crippen LogP contribution in [-0.2, 0) is 24.2 Å². The van der Waals surface area contributed by atoms with Crippen molar-refractivity contribution in [1.82, 2.24) is 0 Å². The molecule has 1 heterocycles. The molecule has 188 valence electrons. The molecule has 6 nitrogen and oxygen atoms in total. The van der Waals surface area contributed by atoms with Crippen LogP contribution in [0.3, 0.4) is 0 Å². The first-order valence-corrected chi connectivity index (χ1v) is 13.2. The first kappa shape index (κ1) is 26.3. The van der Waals surface area contributed by atoms with Crippen LogP contribution in [0.15, 0.2) is 42.0 Å². The summed E-state index contributed by atoms with van der Waals surface area (Å²) < 4.78 is 11.7. The SMILES string of the molecule is CCOc1cc(/C=C(\C#N)C(=O)Nc2sc3c(c2C#N)CCCC3)cc(Cl)c1OCc1ccc(C)cc1. The zero-order chi connectivity index (χ0) is 26.4. The van der Waals surface area contributed by atoms with Crippen LogP contribution in [0.25, 0.3) is 6.08 Å². The minimum absolute atomic E-state index is 0.109. The summed E-state index contributed by atoms with van der Waals surface area (Å²) in [5.74, 6) is 0.238. The molecule has 2 aromatic carbocycles. The monoisotopic (exact) mass is 531 g/mol. The van der Waals surface area contributed by atoms with E-state index in [1.807, 2.05) is 44.2 Å². The topological polar surface area (TPSA) is 95.1 Å². The molecule has 0 radical (unpaired) electrons. The van der Waals surface area contributed by atoms with Crippen molar-refractivity contribution >= 4 is 39.9 Å². The summed E-state index contributed by atoms with van der Waals surface area (Å²) in [4.78, 5) is 14.1. The number of halogens is 1. The maximum atomic E-state index is 13.0. The number of hydrogen-bond donors (Lipinski definition) is 1. The number of nitrogens with one attached hydrogen (secondary N) is 1. The first-order chi connectivity index (χ1) is 17.9. The molecule has 1 aliphatic carbocycles. The second-order valence-corrected chi connectivity index (χ2v) is 10.2. The molecule has 0 unspecified atom stereocenters. The summed E-state index contributed by atoms with van der Waals surface area (Å²) >= 11 is 7.96. The van der Waals surface area contributed by atoms with E-state index >= 15 is 0 Å². The molecule has 0 aliphatic heterocycles. The Bertz CT molecular complexity index is 1430. The second kappa shape index (κ2) is 12.0. The molecule has 0 spiro atoms. The lowest BCUT2D eigenvalue weighted by Crippen LogP contribution is -2.13. The van der Waals surface area contributed by atoms with Gasteiger partial charge in [-0.05, 0) is 74.4 Å². The van der Waals surface area contributed by atoms with Gasteiger partial charge in [0.2, 0.25) is 0 Å². The van der Waals surface area contributed by atoms with Gasteiger partial charge in [-0.15, -0.1) is 11.3 Å². The minimum atomic E-state index is -0.577. The van der Waals surface area contributed by atoms with E-state index in [9.17, 15) is 15.3 Å². The number of nitrogens with zero attached hydrogens (tertiary/aromatic N) is 2. The standard InChI is InChI=1S/C29H26ClN3O3S/c1-3-35-25-14-20(13-24(30)27(25)36-17-19-10-8-18(2)9-11-19)12-21(15-31)28(34)33-29-23(16-32)22-6-4-5-7-26(22)37-29/h8-14H,3-7,17H2,1-2H3,(H,33,34)/b21-12+. The van der Waals surface area contributed by atoms with Gasteiger partial charge in [0.1, 0.15) is 29.3 Å². The molecule has 0 saturated carbocycles. The molecule has 3 aromatic rings. The van der Waals surface area contributed by atoms with Crippen molar-refractivity contribution in [3.05, 3.63) is 79.7 Å². The maximum Gasteiger partial charge on any atom is 0.266 e. The van der Waals surface area contributed by atoms with Crippen molar-refractivity contribution < 1.29 is 14.3 Å². The normalized spacial score (nSPS) is 12.7. The van der Waals surface area contributed by atoms with E-state index in [1.54, 1.807) is 12.1 Å². The third kappa shape index (κ3) is 6.14. The van der Waals surface area contributed by atoms with Gasteiger partial charge in [-0.25, -0.2) is 0 Å². The van der Waals surface area contributed by atoms with Crippen molar-refractivity contribution in [1.29, 1.82) is 10.5 Å². The highest BCUT2D eigenvalue weighted by molar-refractivity contribution is 7.16. The van der Waals surface area contributed by atoms with Crippen LogP contribution in [0.1, 0.15) is 52.5 Å². The number of carbonyl (C=O) groups is 1. The van der Waals surface area contributed by atoms with Gasteiger partial charge in [0, 0.05) is 4.88 Å². The lowest BCUT2D eigenvalue weighted by Gasteiger charge is -2.15. The number of thiophene rings is 1. The Hall–Kier alpha value is -3.78. The molecular weight excluding hydrogens is 506 g/mol. The molecule has 1 N–H and O–H groups in total. The van der Waals surface area contributed by atoms with Gasteiger partial charge in [-0.2, -0.15) is 10.5 Å². The van der Waals surface area contributed by atoms with E-state index in [0.29, 0.717) is 45.9 Å². The van der Waals surface area contributed by atoms with Crippen LogP contribution in [0.2, 0.25) is 5.02 Å². The van der Waals surface area contributed by atoms with Crippen LogP contribution in [0.5, 0.6) is 11.5 Å². The highest BCUT2D eigenvalue weighted by atomic mass is 35.5. The van der Waals surface area contributed by atoms with E-state index in [0.717, 1.165) is 47.3 Å². The third-order valence-corrected chi connectivity index (χ3v) is 7.51. The molecular formula is C29H26ClN3O3S. The van der Waals surface area contributed by atoms with Crippen LogP contribution < -0.4 is 14.8 Å². The van der Waals surface area contributed by atoms with Gasteiger partial charge in [0.15, 0.2) is 11.5 Å². The number of rotatable bonds is 8. The fraction of sp³-hybridized carbons (Fsp3) is 0.276. The van der Waals surface area contributed by atoms with Crippen molar-refractivity contribution in [3.8, 4) is 23.6 Å². The molecule has 4 rings (SSSR count). The van der Waals surface area contributed by atoms with Gasteiger partial charge in [0.25, 0.3) is 5.91 Å². The number of aryl methyl sites for hydroxylation is 2. The minimum Gasteiger partial charge on any atom is -0.490 e. The fourth-order valence-electron chi connectivity index (χ4n) is 4.17. The van der Waals surface area contributed by atoms with E-state index in [-0.39, 0.29) is 5.57 Å². The van der Waals surface area contributed by atoms with Gasteiger partial charge in [-0.1, -0.05) is 41.4 Å². The Morgan fingerprint density at radius 2 is 1.92 bits per heavy atom. The van der Waals surface area contributed by atoms with Crippen LogP contribution in [-0.4, -0.2) is 12.5 Å². The number of benzene rings is 2. The lowest BCUT2D eigenvalue weighted by molar-refractivity contribution is -0.112. The summed E-state index contributed by atoms with van der Waals surface area (Å²) in [6, 6.07) is 15.5. The Morgan fingerprint density at radius 3 is 2.62 bits per heavy atom. The zero-order valence-electron chi connectivity index (χ0n) is 20.7. The maximum absolute atomic E-state index is 13.0. The average molecular weight is 532 g/mol. The molecule has 0 fully saturated rings. The largest absolute Gasteiger partial charge is 0.490 e. The van der Waals surface area contributed by atoms with E-state index in [1.165, 1.54) is 17.4 Å². The molecule has 1 aromatic heterocycles. The molecule has 37 heavy (non-hydrogen) atoms. The number of hydrogen-bond acceptors (Lipinski definition) is 6. The highest BCUT2D eigenvalue weighted by Crippen LogP contribution is 2.39. The summed E-state index contributed by atoms with van der Waals surface area (Å²) in [5.41, 5.74) is 4.08. The number of ether oxygens (including phenoxy) is 2. The number of nitriles is 2. The quantitative estimate of drug-likeness (QED) is 0.250. The zero-order valence-corrected chi connectivity index (χ0v) is 22.3. The molecule has 0 bridgehead atoms. The Kier molecular flexibility index (Phi) is 8.50. The average Bonchev–Trinajstić information content (AvgIpc) is 3.24. The van der Waals surface area contributed by atoms with Crippen LogP contribution in [0.4, 0.5) is 5.00 Å². The summed E-state index contributed by atoms with van der Waals surface area (Å²) in [6.07, 6.45) is 5.30. The summed E-state index contributed by atoms with van der Waals surface area (Å²) in [7, 11) is 0. The lowest BCUT2D eigenvalue weighted by atomic mass is 9.96. The first-order valence-electron chi connectivity index (χ1n) is 12.1. The number of carbonyl (C=O) groups excluding carboxylic acids is 1. The van der Waals surface area contributed by atoms with Gasteiger partial charge in [-0.3, -0.25) is 4.79 Å². The Balaban J connectivity index is 1.57. The van der Waals surface area contributed by atoms with Crippen molar-refractivity contribution in [2.24, 2.45) is 0 Å². The van der Waals surface area contributed by atoms with Gasteiger partial charge in [0.05, 0.1) is 17.2 Å². The predicted molar refractivity (Wildman–Crippen MR) is 146 cm³/mol. The predicted octanol–water partition coefficient (Wildman–Crippen LogP) is 6.98. The molecule has 0 atom stereocenters. The van der Waals surface area contributed by atoms with Crippen molar-refractivity contribution in [2.75, 3.05) is 11.9 Å². The number of anilines is 1. The smallest absolute Gasteiger partial charge is 0.266 e. The second-order valence-electron chi connectivity index (χ2n) is 8.69. The van der Waals surface area contributed by atoms with E-state index in [4.69, 9.17) is 21.1 Å². The number of amides is 1. The van der Waals surface area contributed by atoms with Gasteiger partial charge >= 0.3 is 0 Å². The van der Waals surface area contributed by atoms with Crippen molar-refractivity contribution in [2.45, 2.75) is 46.1 Å². The third-order valence-electron chi connectivity index (χ3n) is 6.02. The Morgan fingerprint density at radius 1 is 1.16 bits per heavy atom.